The zero-order valence-electron chi connectivity index (χ0n) is 7.04. The molecular weight excluding hydrogens is 184 g/mol. The molecule has 0 aliphatic carbocycles. The van der Waals surface area contributed by atoms with Gasteiger partial charge in [0.1, 0.15) is 11.9 Å². The van der Waals surface area contributed by atoms with Crippen LogP contribution in [0.4, 0.5) is 5.69 Å². The zero-order valence-corrected chi connectivity index (χ0v) is 7.04. The van der Waals surface area contributed by atoms with E-state index in [0.717, 1.165) is 0 Å². The number of aromatic amines is 1. The minimum absolute atomic E-state index is 0.0275. The van der Waals surface area contributed by atoms with Crippen LogP contribution in [0.5, 0.6) is 0 Å². The van der Waals surface area contributed by atoms with Crippen molar-refractivity contribution in [2.24, 2.45) is 0 Å². The molecular formula is C8H6N4O2. The number of pyridine rings is 1. The maximum Gasteiger partial charge on any atom is 0.287 e. The van der Waals surface area contributed by atoms with E-state index in [-0.39, 0.29) is 5.69 Å². The van der Waals surface area contributed by atoms with Gasteiger partial charge in [0.05, 0.1) is 4.92 Å². The topological polar surface area (TPSA) is 84.7 Å². The summed E-state index contributed by atoms with van der Waals surface area (Å²) in [6, 6.07) is 2.95. The second kappa shape index (κ2) is 3.25. The van der Waals surface area contributed by atoms with Gasteiger partial charge in [-0.15, -0.1) is 0 Å². The number of nitrogens with zero attached hydrogens (tertiary/aromatic N) is 3. The number of rotatable bonds is 2. The third-order valence-electron chi connectivity index (χ3n) is 1.70. The van der Waals surface area contributed by atoms with Gasteiger partial charge in [0.25, 0.3) is 5.69 Å². The van der Waals surface area contributed by atoms with Crippen LogP contribution in [-0.2, 0) is 0 Å². The molecule has 2 aromatic rings. The van der Waals surface area contributed by atoms with E-state index in [1.54, 1.807) is 18.5 Å². The van der Waals surface area contributed by atoms with Gasteiger partial charge in [-0.05, 0) is 6.07 Å². The summed E-state index contributed by atoms with van der Waals surface area (Å²) in [5.74, 6) is 0.597. The van der Waals surface area contributed by atoms with Crippen LogP contribution < -0.4 is 0 Å². The molecule has 0 aliphatic rings. The van der Waals surface area contributed by atoms with Crippen molar-refractivity contribution in [3.8, 4) is 11.5 Å². The Bertz CT molecular complexity index is 435. The maximum absolute atomic E-state index is 10.3. The average Bonchev–Trinajstić information content (AvgIpc) is 2.71. The molecule has 0 saturated heterocycles. The van der Waals surface area contributed by atoms with Crippen molar-refractivity contribution in [1.82, 2.24) is 15.0 Å². The molecule has 70 valence electrons. The van der Waals surface area contributed by atoms with Crippen LogP contribution in [0.25, 0.3) is 11.5 Å². The van der Waals surface area contributed by atoms with E-state index in [1.807, 2.05) is 0 Å². The first-order valence-electron chi connectivity index (χ1n) is 3.87. The van der Waals surface area contributed by atoms with E-state index in [1.165, 1.54) is 12.3 Å². The van der Waals surface area contributed by atoms with Crippen molar-refractivity contribution in [3.63, 3.8) is 0 Å². The smallest absolute Gasteiger partial charge is 0.287 e. The molecule has 0 saturated carbocycles. The fraction of sp³-hybridized carbons (Fsp3) is 0. The van der Waals surface area contributed by atoms with Crippen LogP contribution in [0.15, 0.2) is 30.7 Å². The Morgan fingerprint density at radius 3 is 2.71 bits per heavy atom. The van der Waals surface area contributed by atoms with E-state index >= 15 is 0 Å². The van der Waals surface area contributed by atoms with Crippen LogP contribution in [0.1, 0.15) is 0 Å². The lowest BCUT2D eigenvalue weighted by Gasteiger charge is -1.94. The molecule has 0 aliphatic heterocycles. The Morgan fingerprint density at radius 2 is 2.21 bits per heavy atom. The van der Waals surface area contributed by atoms with Gasteiger partial charge in [0, 0.05) is 18.5 Å². The summed E-state index contributed by atoms with van der Waals surface area (Å²) in [5, 5.41) is 10.3. The molecule has 0 bridgehead atoms. The van der Waals surface area contributed by atoms with Gasteiger partial charge in [-0.2, -0.15) is 0 Å². The number of H-pyrrole nitrogens is 1. The first-order valence-corrected chi connectivity index (χ1v) is 3.87. The number of nitrogens with one attached hydrogen (secondary N) is 1. The number of hydrogen-bond acceptors (Lipinski definition) is 4. The summed E-state index contributed by atoms with van der Waals surface area (Å²) < 4.78 is 0. The highest BCUT2D eigenvalue weighted by Gasteiger charge is 2.06. The highest BCUT2D eigenvalue weighted by atomic mass is 16.6. The van der Waals surface area contributed by atoms with Gasteiger partial charge >= 0.3 is 0 Å². The van der Waals surface area contributed by atoms with Crippen LogP contribution >= 0.6 is 0 Å². The van der Waals surface area contributed by atoms with Crippen molar-refractivity contribution in [2.45, 2.75) is 0 Å². The molecule has 0 atom stereocenters. The number of imidazole rings is 1. The van der Waals surface area contributed by atoms with Crippen LogP contribution in [0.2, 0.25) is 0 Å². The summed E-state index contributed by atoms with van der Waals surface area (Å²) in [4.78, 5) is 20.6. The first kappa shape index (κ1) is 8.36. The normalized spacial score (nSPS) is 10.0. The van der Waals surface area contributed by atoms with Crippen molar-refractivity contribution < 1.29 is 4.92 Å². The Hall–Kier alpha value is -2.24. The Kier molecular flexibility index (Phi) is 1.94. The molecule has 0 spiro atoms. The largest absolute Gasteiger partial charge is 0.343 e. The minimum Gasteiger partial charge on any atom is -0.343 e. The average molecular weight is 190 g/mol. The molecule has 2 aromatic heterocycles. The standard InChI is InChI=1S/C8H6N4O2/c13-12(14)6-1-2-7(11-5-6)8-9-3-4-10-8/h1-5H,(H,9,10). The summed E-state index contributed by atoms with van der Waals surface area (Å²) >= 11 is 0. The van der Waals surface area contributed by atoms with E-state index < -0.39 is 4.92 Å². The van der Waals surface area contributed by atoms with Crippen LogP contribution in [0.3, 0.4) is 0 Å². The zero-order chi connectivity index (χ0) is 9.97. The Morgan fingerprint density at radius 1 is 1.36 bits per heavy atom. The van der Waals surface area contributed by atoms with Crippen molar-refractivity contribution in [1.29, 1.82) is 0 Å². The maximum atomic E-state index is 10.3. The molecule has 0 amide bonds. The summed E-state index contributed by atoms with van der Waals surface area (Å²) in [6.45, 7) is 0. The second-order valence-electron chi connectivity index (χ2n) is 2.60. The predicted molar refractivity (Wildman–Crippen MR) is 48.5 cm³/mol. The molecule has 6 nitrogen and oxygen atoms in total. The number of aromatic nitrogens is 3. The first-order chi connectivity index (χ1) is 6.77. The van der Waals surface area contributed by atoms with Crippen LogP contribution in [-0.4, -0.2) is 19.9 Å². The summed E-state index contributed by atoms with van der Waals surface area (Å²) in [5.41, 5.74) is 0.556. The van der Waals surface area contributed by atoms with E-state index in [9.17, 15) is 10.1 Å². The molecule has 0 fully saturated rings. The molecule has 0 unspecified atom stereocenters. The molecule has 14 heavy (non-hydrogen) atoms. The summed E-state index contributed by atoms with van der Waals surface area (Å²) in [7, 11) is 0. The number of hydrogen-bond donors (Lipinski definition) is 1. The third kappa shape index (κ3) is 1.45. The van der Waals surface area contributed by atoms with Gasteiger partial charge in [0.2, 0.25) is 0 Å². The van der Waals surface area contributed by atoms with Gasteiger partial charge in [-0.3, -0.25) is 10.1 Å². The molecule has 1 N–H and O–H groups in total. The quantitative estimate of drug-likeness (QED) is 0.572. The molecule has 6 heteroatoms. The molecule has 0 aromatic carbocycles. The number of nitro groups is 1. The molecule has 2 rings (SSSR count). The molecule has 2 heterocycles. The van der Waals surface area contributed by atoms with Crippen molar-refractivity contribution >= 4 is 5.69 Å². The Labute approximate surface area is 78.8 Å². The second-order valence-corrected chi connectivity index (χ2v) is 2.60. The Balaban J connectivity index is 2.36. The monoisotopic (exact) mass is 190 g/mol. The van der Waals surface area contributed by atoms with Crippen molar-refractivity contribution in [3.05, 3.63) is 40.8 Å². The van der Waals surface area contributed by atoms with Gasteiger partial charge in [0.15, 0.2) is 5.82 Å². The minimum atomic E-state index is -0.487. The lowest BCUT2D eigenvalue weighted by molar-refractivity contribution is -0.385. The van der Waals surface area contributed by atoms with Gasteiger partial charge in [-0.25, -0.2) is 9.97 Å². The van der Waals surface area contributed by atoms with Crippen LogP contribution in [0, 0.1) is 10.1 Å². The lowest BCUT2D eigenvalue weighted by atomic mass is 10.3. The SMILES string of the molecule is O=[N+]([O-])c1ccc(-c2ncc[nH]2)nc1. The fourth-order valence-corrected chi connectivity index (χ4v) is 1.04. The van der Waals surface area contributed by atoms with E-state index in [0.29, 0.717) is 11.5 Å². The van der Waals surface area contributed by atoms with Crippen molar-refractivity contribution in [2.75, 3.05) is 0 Å². The van der Waals surface area contributed by atoms with E-state index in [2.05, 4.69) is 15.0 Å². The summed E-state index contributed by atoms with van der Waals surface area (Å²) in [6.07, 6.45) is 4.47. The lowest BCUT2D eigenvalue weighted by Crippen LogP contribution is -1.90. The van der Waals surface area contributed by atoms with E-state index in [4.69, 9.17) is 0 Å². The predicted octanol–water partition coefficient (Wildman–Crippen LogP) is 1.38. The highest BCUT2D eigenvalue weighted by Crippen LogP contribution is 2.15. The highest BCUT2D eigenvalue weighted by molar-refractivity contribution is 5.50. The third-order valence-corrected chi connectivity index (χ3v) is 1.70. The fourth-order valence-electron chi connectivity index (χ4n) is 1.04. The van der Waals surface area contributed by atoms with Gasteiger partial charge < -0.3 is 4.98 Å². The van der Waals surface area contributed by atoms with Gasteiger partial charge in [-0.1, -0.05) is 0 Å². The molecule has 0 radical (unpaired) electrons.